The molecule has 0 aliphatic carbocycles. The fourth-order valence-electron chi connectivity index (χ4n) is 2.49. The zero-order chi connectivity index (χ0) is 13.9. The normalized spacial score (nSPS) is 24.1. The molecule has 0 spiro atoms. The average Bonchev–Trinajstić information content (AvgIpc) is 2.37. The highest BCUT2D eigenvalue weighted by atomic mass is 127. The number of hydrogen-bond acceptors (Lipinski definition) is 5. The van der Waals surface area contributed by atoms with Crippen LogP contribution >= 0.6 is 22.6 Å². The van der Waals surface area contributed by atoms with Gasteiger partial charge in [-0.3, -0.25) is 0 Å². The monoisotopic (exact) mass is 389 g/mol. The molecule has 0 bridgehead atoms. The van der Waals surface area contributed by atoms with E-state index in [4.69, 9.17) is 14.5 Å². The van der Waals surface area contributed by atoms with Gasteiger partial charge in [-0.15, -0.1) is 0 Å². The predicted molar refractivity (Wildman–Crippen MR) is 87.4 cm³/mol. The molecule has 2 saturated heterocycles. The van der Waals surface area contributed by atoms with Crippen LogP contribution in [0.2, 0.25) is 0 Å². The van der Waals surface area contributed by atoms with Crippen LogP contribution in [-0.4, -0.2) is 50.0 Å². The second-order valence-corrected chi connectivity index (χ2v) is 6.50. The molecule has 1 aromatic heterocycles. The van der Waals surface area contributed by atoms with Crippen LogP contribution in [0.4, 0.5) is 11.6 Å². The van der Waals surface area contributed by atoms with Gasteiger partial charge in [-0.2, -0.15) is 0 Å². The molecule has 110 valence electrons. The Kier molecular flexibility index (Phi) is 4.62. The van der Waals surface area contributed by atoms with Gasteiger partial charge in [0.25, 0.3) is 0 Å². The van der Waals surface area contributed by atoms with Crippen molar-refractivity contribution in [2.75, 3.05) is 43.1 Å². The zero-order valence-corrected chi connectivity index (χ0v) is 13.8. The van der Waals surface area contributed by atoms with E-state index in [9.17, 15) is 0 Å². The van der Waals surface area contributed by atoms with Crippen molar-refractivity contribution in [3.05, 3.63) is 15.7 Å². The van der Waals surface area contributed by atoms with E-state index in [1.807, 2.05) is 0 Å². The third-order valence-electron chi connectivity index (χ3n) is 3.78. The number of aromatic nitrogens is 1. The van der Waals surface area contributed by atoms with Crippen molar-refractivity contribution in [1.82, 2.24) is 4.98 Å². The van der Waals surface area contributed by atoms with Crippen molar-refractivity contribution in [3.63, 3.8) is 0 Å². The Balaban J connectivity index is 1.71. The van der Waals surface area contributed by atoms with E-state index in [1.165, 1.54) is 3.57 Å². The highest BCUT2D eigenvalue weighted by molar-refractivity contribution is 14.1. The SMILES string of the molecule is CC(Nc1cc(I)cc(N2CCOCC2)n1)C1CCO1. The largest absolute Gasteiger partial charge is 0.378 e. The molecule has 2 aliphatic heterocycles. The first kappa shape index (κ1) is 14.3. The summed E-state index contributed by atoms with van der Waals surface area (Å²) in [6.45, 7) is 6.42. The van der Waals surface area contributed by atoms with E-state index >= 15 is 0 Å². The first-order valence-electron chi connectivity index (χ1n) is 7.11. The van der Waals surface area contributed by atoms with Gasteiger partial charge in [-0.05, 0) is 48.1 Å². The molecule has 3 heterocycles. The van der Waals surface area contributed by atoms with Crippen molar-refractivity contribution < 1.29 is 9.47 Å². The van der Waals surface area contributed by atoms with Crippen LogP contribution in [0.3, 0.4) is 0 Å². The fraction of sp³-hybridized carbons (Fsp3) is 0.643. The minimum Gasteiger partial charge on any atom is -0.378 e. The van der Waals surface area contributed by atoms with Crippen LogP contribution < -0.4 is 10.2 Å². The third-order valence-corrected chi connectivity index (χ3v) is 4.40. The van der Waals surface area contributed by atoms with Gasteiger partial charge in [-0.1, -0.05) is 0 Å². The molecule has 0 radical (unpaired) electrons. The Bertz CT molecular complexity index is 462. The first-order chi connectivity index (χ1) is 9.72. The maximum atomic E-state index is 5.52. The minimum absolute atomic E-state index is 0.298. The summed E-state index contributed by atoms with van der Waals surface area (Å²) in [6, 6.07) is 4.51. The number of anilines is 2. The van der Waals surface area contributed by atoms with Crippen molar-refractivity contribution in [2.45, 2.75) is 25.5 Å². The number of nitrogens with one attached hydrogen (secondary N) is 1. The fourth-order valence-corrected chi connectivity index (χ4v) is 3.06. The molecule has 2 aliphatic rings. The molecule has 2 atom stereocenters. The minimum atomic E-state index is 0.298. The van der Waals surface area contributed by atoms with Gasteiger partial charge in [0.05, 0.1) is 25.4 Å². The smallest absolute Gasteiger partial charge is 0.132 e. The molecule has 2 fully saturated rings. The van der Waals surface area contributed by atoms with Gasteiger partial charge >= 0.3 is 0 Å². The van der Waals surface area contributed by atoms with Crippen LogP contribution in [-0.2, 0) is 9.47 Å². The molecule has 5 nitrogen and oxygen atoms in total. The summed E-state index contributed by atoms with van der Waals surface area (Å²) >= 11 is 2.35. The summed E-state index contributed by atoms with van der Waals surface area (Å²) in [5.41, 5.74) is 0. The lowest BCUT2D eigenvalue weighted by molar-refractivity contribution is -0.0575. The molecule has 0 amide bonds. The zero-order valence-electron chi connectivity index (χ0n) is 11.6. The molecule has 6 heteroatoms. The first-order valence-corrected chi connectivity index (χ1v) is 8.19. The number of hydrogen-bond donors (Lipinski definition) is 1. The number of pyridine rings is 1. The second-order valence-electron chi connectivity index (χ2n) is 5.26. The number of halogens is 1. The predicted octanol–water partition coefficient (Wildman–Crippen LogP) is 2.11. The lowest BCUT2D eigenvalue weighted by Gasteiger charge is -2.33. The van der Waals surface area contributed by atoms with Crippen LogP contribution in [0.15, 0.2) is 12.1 Å². The summed E-state index contributed by atoms with van der Waals surface area (Å²) < 4.78 is 12.1. The number of morpholine rings is 1. The van der Waals surface area contributed by atoms with E-state index in [0.29, 0.717) is 12.1 Å². The molecule has 1 N–H and O–H groups in total. The lowest BCUT2D eigenvalue weighted by Crippen LogP contribution is -2.41. The van der Waals surface area contributed by atoms with Crippen LogP contribution in [0, 0.1) is 3.57 Å². The molecule has 2 unspecified atom stereocenters. The number of rotatable bonds is 4. The van der Waals surface area contributed by atoms with E-state index in [-0.39, 0.29) is 0 Å². The maximum Gasteiger partial charge on any atom is 0.132 e. The van der Waals surface area contributed by atoms with Crippen LogP contribution in [0.5, 0.6) is 0 Å². The molecule has 3 rings (SSSR count). The molecular weight excluding hydrogens is 369 g/mol. The third kappa shape index (κ3) is 3.35. The van der Waals surface area contributed by atoms with Gasteiger partial charge in [-0.25, -0.2) is 4.98 Å². The molecule has 20 heavy (non-hydrogen) atoms. The highest BCUT2D eigenvalue weighted by Gasteiger charge is 2.25. The summed E-state index contributed by atoms with van der Waals surface area (Å²) in [7, 11) is 0. The van der Waals surface area contributed by atoms with Gasteiger partial charge in [0.2, 0.25) is 0 Å². The standard InChI is InChI=1S/C14H20IN3O2/c1-10(12-2-5-20-12)16-13-8-11(15)9-14(17-13)18-3-6-19-7-4-18/h8-10,12H,2-7H2,1H3,(H,16,17). The maximum absolute atomic E-state index is 5.52. The Morgan fingerprint density at radius 2 is 2.10 bits per heavy atom. The number of nitrogens with zero attached hydrogens (tertiary/aromatic N) is 2. The van der Waals surface area contributed by atoms with Crippen molar-refractivity contribution in [3.8, 4) is 0 Å². The van der Waals surface area contributed by atoms with E-state index in [0.717, 1.165) is 51.0 Å². The topological polar surface area (TPSA) is 46.6 Å². The Labute approximate surface area is 133 Å². The summed E-state index contributed by atoms with van der Waals surface area (Å²) in [6.07, 6.45) is 1.45. The van der Waals surface area contributed by atoms with Crippen molar-refractivity contribution >= 4 is 34.2 Å². The highest BCUT2D eigenvalue weighted by Crippen LogP contribution is 2.23. The van der Waals surface area contributed by atoms with Gasteiger partial charge in [0.15, 0.2) is 0 Å². The summed E-state index contributed by atoms with van der Waals surface area (Å²) in [4.78, 5) is 7.02. The summed E-state index contributed by atoms with van der Waals surface area (Å²) in [5.74, 6) is 1.96. The Morgan fingerprint density at radius 3 is 2.75 bits per heavy atom. The van der Waals surface area contributed by atoms with Gasteiger partial charge < -0.3 is 19.7 Å². The Morgan fingerprint density at radius 1 is 1.35 bits per heavy atom. The van der Waals surface area contributed by atoms with Crippen molar-refractivity contribution in [1.29, 1.82) is 0 Å². The van der Waals surface area contributed by atoms with Crippen LogP contribution in [0.1, 0.15) is 13.3 Å². The van der Waals surface area contributed by atoms with Crippen molar-refractivity contribution in [2.24, 2.45) is 0 Å². The second kappa shape index (κ2) is 6.44. The molecule has 1 aromatic rings. The van der Waals surface area contributed by atoms with Gasteiger partial charge in [0.1, 0.15) is 11.6 Å². The molecule has 0 saturated carbocycles. The Hall–Kier alpha value is -0.600. The lowest BCUT2D eigenvalue weighted by atomic mass is 10.1. The summed E-state index contributed by atoms with van der Waals surface area (Å²) in [5, 5.41) is 3.47. The number of ether oxygens (including phenoxy) is 2. The molecule has 0 aromatic carbocycles. The van der Waals surface area contributed by atoms with E-state index in [1.54, 1.807) is 0 Å². The van der Waals surface area contributed by atoms with E-state index < -0.39 is 0 Å². The molecular formula is C14H20IN3O2. The van der Waals surface area contributed by atoms with Gasteiger partial charge in [0, 0.05) is 23.3 Å². The average molecular weight is 389 g/mol. The van der Waals surface area contributed by atoms with Crippen LogP contribution in [0.25, 0.3) is 0 Å². The quantitative estimate of drug-likeness (QED) is 0.800. The van der Waals surface area contributed by atoms with E-state index in [2.05, 4.69) is 51.9 Å².